The number of nitrogens with two attached hydrogens (primary N) is 1. The van der Waals surface area contributed by atoms with E-state index in [2.05, 4.69) is 5.10 Å². The Bertz CT molecular complexity index is 481. The first-order valence-electron chi connectivity index (χ1n) is 6.12. The second-order valence-corrected chi connectivity index (χ2v) is 4.22. The van der Waals surface area contributed by atoms with Crippen LogP contribution in [0.4, 0.5) is 0 Å². The Hall–Kier alpha value is -1.65. The van der Waals surface area contributed by atoms with E-state index in [1.165, 1.54) is 0 Å². The van der Waals surface area contributed by atoms with Crippen molar-refractivity contribution in [3.8, 4) is 0 Å². The molecular formula is C14H19N3O. The van der Waals surface area contributed by atoms with Gasteiger partial charge in [0.05, 0.1) is 12.2 Å². The van der Waals surface area contributed by atoms with E-state index in [1.807, 2.05) is 54.3 Å². The first-order valence-corrected chi connectivity index (χ1v) is 6.12. The van der Waals surface area contributed by atoms with Gasteiger partial charge in [0.25, 0.3) is 0 Å². The molecule has 2 aromatic rings. The van der Waals surface area contributed by atoms with Gasteiger partial charge >= 0.3 is 0 Å². The van der Waals surface area contributed by atoms with E-state index in [-0.39, 0.29) is 12.1 Å². The van der Waals surface area contributed by atoms with Gasteiger partial charge in [0.2, 0.25) is 0 Å². The lowest BCUT2D eigenvalue weighted by molar-refractivity contribution is 0.0801. The Kier molecular flexibility index (Phi) is 4.12. The highest BCUT2D eigenvalue weighted by molar-refractivity contribution is 5.23. The fourth-order valence-corrected chi connectivity index (χ4v) is 2.03. The maximum atomic E-state index is 6.27. The van der Waals surface area contributed by atoms with Crippen LogP contribution in [0.1, 0.15) is 30.2 Å². The van der Waals surface area contributed by atoms with E-state index in [0.717, 1.165) is 17.7 Å². The van der Waals surface area contributed by atoms with Crippen LogP contribution in [-0.4, -0.2) is 16.9 Å². The van der Waals surface area contributed by atoms with Crippen LogP contribution >= 0.6 is 0 Å². The van der Waals surface area contributed by atoms with E-state index < -0.39 is 0 Å². The van der Waals surface area contributed by atoms with E-state index in [0.29, 0.717) is 0 Å². The average Bonchev–Trinajstić information content (AvgIpc) is 2.89. The zero-order chi connectivity index (χ0) is 13.0. The number of hydrogen-bond donors (Lipinski definition) is 1. The molecule has 2 atom stereocenters. The molecular weight excluding hydrogens is 226 g/mol. The summed E-state index contributed by atoms with van der Waals surface area (Å²) in [6.45, 7) is 2.89. The molecule has 0 radical (unpaired) electrons. The monoisotopic (exact) mass is 245 g/mol. The van der Waals surface area contributed by atoms with Crippen LogP contribution < -0.4 is 5.73 Å². The van der Waals surface area contributed by atoms with Gasteiger partial charge in [-0.25, -0.2) is 0 Å². The molecule has 0 bridgehead atoms. The fourth-order valence-electron chi connectivity index (χ4n) is 2.03. The highest BCUT2D eigenvalue weighted by Crippen LogP contribution is 2.29. The quantitative estimate of drug-likeness (QED) is 0.879. The molecule has 4 heteroatoms. The second kappa shape index (κ2) is 5.80. The molecule has 4 nitrogen and oxygen atoms in total. The van der Waals surface area contributed by atoms with Crippen LogP contribution in [0, 0.1) is 0 Å². The van der Waals surface area contributed by atoms with Gasteiger partial charge < -0.3 is 10.5 Å². The summed E-state index contributed by atoms with van der Waals surface area (Å²) in [7, 11) is 1.68. The van der Waals surface area contributed by atoms with Crippen molar-refractivity contribution in [2.24, 2.45) is 5.73 Å². The van der Waals surface area contributed by atoms with Crippen molar-refractivity contribution < 1.29 is 4.74 Å². The van der Waals surface area contributed by atoms with Crippen LogP contribution in [0.2, 0.25) is 0 Å². The highest BCUT2D eigenvalue weighted by atomic mass is 16.5. The van der Waals surface area contributed by atoms with Crippen LogP contribution in [0.15, 0.2) is 42.7 Å². The summed E-state index contributed by atoms with van der Waals surface area (Å²) in [5.74, 6) is 0. The summed E-state index contributed by atoms with van der Waals surface area (Å²) in [5.41, 5.74) is 8.34. The molecule has 0 spiro atoms. The minimum absolute atomic E-state index is 0.152. The summed E-state index contributed by atoms with van der Waals surface area (Å²) in [5, 5.41) is 4.25. The summed E-state index contributed by atoms with van der Waals surface area (Å²) in [6, 6.07) is 9.80. The molecule has 0 saturated carbocycles. The zero-order valence-electron chi connectivity index (χ0n) is 10.8. The van der Waals surface area contributed by atoms with Crippen LogP contribution in [-0.2, 0) is 11.3 Å². The van der Waals surface area contributed by atoms with Crippen LogP contribution in [0.5, 0.6) is 0 Å². The SMILES string of the molecule is CCn1cc(C(N)C(OC)c2ccccc2)cn1. The van der Waals surface area contributed by atoms with Gasteiger partial charge in [0.15, 0.2) is 0 Å². The molecule has 0 aliphatic heterocycles. The van der Waals surface area contributed by atoms with Crippen molar-refractivity contribution in [3.05, 3.63) is 53.9 Å². The number of rotatable bonds is 5. The lowest BCUT2D eigenvalue weighted by Gasteiger charge is -2.22. The first-order chi connectivity index (χ1) is 8.76. The fraction of sp³-hybridized carbons (Fsp3) is 0.357. The lowest BCUT2D eigenvalue weighted by atomic mass is 9.99. The average molecular weight is 245 g/mol. The second-order valence-electron chi connectivity index (χ2n) is 4.22. The third kappa shape index (κ3) is 2.60. The Morgan fingerprint density at radius 2 is 2.00 bits per heavy atom. The largest absolute Gasteiger partial charge is 0.375 e. The van der Waals surface area contributed by atoms with Crippen molar-refractivity contribution in [1.29, 1.82) is 0 Å². The van der Waals surface area contributed by atoms with Crippen LogP contribution in [0.25, 0.3) is 0 Å². The molecule has 2 N–H and O–H groups in total. The smallest absolute Gasteiger partial charge is 0.101 e. The Balaban J connectivity index is 2.22. The van der Waals surface area contributed by atoms with Crippen molar-refractivity contribution in [2.75, 3.05) is 7.11 Å². The summed E-state index contributed by atoms with van der Waals surface area (Å²) >= 11 is 0. The standard InChI is InChI=1S/C14H19N3O/c1-3-17-10-12(9-16-17)13(15)14(18-2)11-7-5-4-6-8-11/h4-10,13-14H,3,15H2,1-2H3. The summed E-state index contributed by atoms with van der Waals surface area (Å²) < 4.78 is 7.40. The predicted molar refractivity (Wildman–Crippen MR) is 71.0 cm³/mol. The minimum atomic E-state index is -0.210. The Morgan fingerprint density at radius 1 is 1.28 bits per heavy atom. The number of methoxy groups -OCH3 is 1. The number of nitrogens with zero attached hydrogens (tertiary/aromatic N) is 2. The maximum absolute atomic E-state index is 6.27. The lowest BCUT2D eigenvalue weighted by Crippen LogP contribution is -2.21. The molecule has 1 aromatic heterocycles. The van der Waals surface area contributed by atoms with E-state index in [9.17, 15) is 0 Å². The molecule has 1 heterocycles. The number of ether oxygens (including phenoxy) is 1. The molecule has 0 amide bonds. The zero-order valence-corrected chi connectivity index (χ0v) is 10.8. The molecule has 0 aliphatic carbocycles. The Labute approximate surface area is 107 Å². The molecule has 2 rings (SSSR count). The normalized spacial score (nSPS) is 14.4. The molecule has 1 aromatic carbocycles. The van der Waals surface area contributed by atoms with Gasteiger partial charge in [0.1, 0.15) is 6.10 Å². The van der Waals surface area contributed by atoms with Crippen LogP contribution in [0.3, 0.4) is 0 Å². The summed E-state index contributed by atoms with van der Waals surface area (Å²) in [6.07, 6.45) is 3.63. The van der Waals surface area contributed by atoms with Gasteiger partial charge in [-0.15, -0.1) is 0 Å². The maximum Gasteiger partial charge on any atom is 0.101 e. The van der Waals surface area contributed by atoms with Gasteiger partial charge in [-0.3, -0.25) is 4.68 Å². The van der Waals surface area contributed by atoms with E-state index in [1.54, 1.807) is 7.11 Å². The Morgan fingerprint density at radius 3 is 2.56 bits per heavy atom. The third-order valence-electron chi connectivity index (χ3n) is 3.07. The molecule has 0 fully saturated rings. The van der Waals surface area contributed by atoms with Crippen molar-refractivity contribution >= 4 is 0 Å². The minimum Gasteiger partial charge on any atom is -0.375 e. The van der Waals surface area contributed by atoms with E-state index in [4.69, 9.17) is 10.5 Å². The molecule has 2 unspecified atom stereocenters. The van der Waals surface area contributed by atoms with Crippen molar-refractivity contribution in [1.82, 2.24) is 9.78 Å². The van der Waals surface area contributed by atoms with E-state index >= 15 is 0 Å². The topological polar surface area (TPSA) is 53.1 Å². The van der Waals surface area contributed by atoms with Crippen molar-refractivity contribution in [2.45, 2.75) is 25.6 Å². The molecule has 0 aliphatic rings. The number of aromatic nitrogens is 2. The first kappa shape index (κ1) is 12.8. The molecule has 18 heavy (non-hydrogen) atoms. The number of benzene rings is 1. The number of hydrogen-bond acceptors (Lipinski definition) is 3. The summed E-state index contributed by atoms with van der Waals surface area (Å²) in [4.78, 5) is 0. The van der Waals surface area contributed by atoms with Gasteiger partial charge in [-0.2, -0.15) is 5.10 Å². The van der Waals surface area contributed by atoms with Gasteiger partial charge in [-0.1, -0.05) is 30.3 Å². The molecule has 96 valence electrons. The molecule has 0 saturated heterocycles. The van der Waals surface area contributed by atoms with Gasteiger partial charge in [-0.05, 0) is 12.5 Å². The number of aryl methyl sites for hydroxylation is 1. The third-order valence-corrected chi connectivity index (χ3v) is 3.07. The highest BCUT2D eigenvalue weighted by Gasteiger charge is 2.22. The van der Waals surface area contributed by atoms with Gasteiger partial charge in [0, 0.05) is 25.4 Å². The predicted octanol–water partition coefficient (Wildman–Crippen LogP) is 2.29. The van der Waals surface area contributed by atoms with Crippen molar-refractivity contribution in [3.63, 3.8) is 0 Å².